The minimum atomic E-state index is -0.453. The van der Waals surface area contributed by atoms with Gasteiger partial charge in [0.2, 0.25) is 0 Å². The van der Waals surface area contributed by atoms with E-state index < -0.39 is 6.04 Å². The van der Waals surface area contributed by atoms with Crippen molar-refractivity contribution in [2.75, 3.05) is 19.5 Å². The predicted octanol–water partition coefficient (Wildman–Crippen LogP) is 5.17. The Hall–Kier alpha value is -3.80. The van der Waals surface area contributed by atoms with E-state index in [0.29, 0.717) is 28.4 Å². The number of phenolic OH excluding ortho intramolecular Hbond substituents is 1. The van der Waals surface area contributed by atoms with E-state index in [1.54, 1.807) is 14.2 Å². The fourth-order valence-electron chi connectivity index (χ4n) is 3.75. The molecule has 2 aromatic carbocycles. The maximum absolute atomic E-state index is 11.2. The van der Waals surface area contributed by atoms with Crippen LogP contribution in [0.5, 0.6) is 17.2 Å². The second-order valence-electron chi connectivity index (χ2n) is 7.35. The van der Waals surface area contributed by atoms with Crippen molar-refractivity contribution in [1.82, 2.24) is 9.97 Å². The maximum atomic E-state index is 11.2. The van der Waals surface area contributed by atoms with E-state index in [1.165, 1.54) is 0 Å². The standard InChI is InChI=1S/C25H25N3O3/c1-15-7-5-10-21(26-15)28-23(19-8-6-9-20(30-3)25(19)31-4)18-14-13-17-12-11-16(2)27-22(17)24(18)29/h5-14,23,29H,1-4H3,(H,26,28)/t23-/m0/s1. The highest BCUT2D eigenvalue weighted by Crippen LogP contribution is 2.42. The van der Waals surface area contributed by atoms with Gasteiger partial charge in [0.15, 0.2) is 11.5 Å². The van der Waals surface area contributed by atoms with Crippen molar-refractivity contribution < 1.29 is 14.6 Å². The van der Waals surface area contributed by atoms with E-state index in [2.05, 4.69) is 15.3 Å². The fourth-order valence-corrected chi connectivity index (χ4v) is 3.75. The first-order valence-corrected chi connectivity index (χ1v) is 10.0. The zero-order valence-electron chi connectivity index (χ0n) is 18.0. The quantitative estimate of drug-likeness (QED) is 0.452. The van der Waals surface area contributed by atoms with Crippen LogP contribution in [0.25, 0.3) is 10.9 Å². The molecule has 158 valence electrons. The zero-order chi connectivity index (χ0) is 22.0. The number of hydrogen-bond acceptors (Lipinski definition) is 6. The van der Waals surface area contributed by atoms with Crippen LogP contribution in [0.2, 0.25) is 0 Å². The molecule has 0 aliphatic carbocycles. The number of benzene rings is 2. The van der Waals surface area contributed by atoms with Gasteiger partial charge in [0.25, 0.3) is 0 Å². The first-order chi connectivity index (χ1) is 15.0. The third kappa shape index (κ3) is 3.97. The van der Waals surface area contributed by atoms with Crippen LogP contribution in [-0.4, -0.2) is 29.3 Å². The van der Waals surface area contributed by atoms with Crippen molar-refractivity contribution in [3.63, 3.8) is 0 Å². The molecular formula is C25H25N3O3. The Balaban J connectivity index is 1.93. The molecule has 1 atom stereocenters. The summed E-state index contributed by atoms with van der Waals surface area (Å²) in [5.74, 6) is 2.01. The Morgan fingerprint density at radius 2 is 1.55 bits per heavy atom. The normalized spacial score (nSPS) is 11.9. The number of nitrogens with one attached hydrogen (secondary N) is 1. The van der Waals surface area contributed by atoms with Gasteiger partial charge in [-0.1, -0.05) is 36.4 Å². The van der Waals surface area contributed by atoms with E-state index in [0.717, 1.165) is 22.3 Å². The summed E-state index contributed by atoms with van der Waals surface area (Å²) in [4.78, 5) is 9.15. The van der Waals surface area contributed by atoms with Gasteiger partial charge in [-0.25, -0.2) is 9.97 Å². The molecule has 2 aromatic heterocycles. The molecule has 0 fully saturated rings. The average molecular weight is 415 g/mol. The van der Waals surface area contributed by atoms with Gasteiger partial charge in [-0.3, -0.25) is 0 Å². The molecule has 2 heterocycles. The summed E-state index contributed by atoms with van der Waals surface area (Å²) in [5.41, 5.74) is 3.77. The molecule has 0 bridgehead atoms. The maximum Gasteiger partial charge on any atom is 0.166 e. The van der Waals surface area contributed by atoms with Crippen molar-refractivity contribution >= 4 is 16.7 Å². The van der Waals surface area contributed by atoms with Crippen LogP contribution in [0.4, 0.5) is 5.82 Å². The van der Waals surface area contributed by atoms with Crippen molar-refractivity contribution in [2.45, 2.75) is 19.9 Å². The summed E-state index contributed by atoms with van der Waals surface area (Å²) in [7, 11) is 3.21. The molecule has 31 heavy (non-hydrogen) atoms. The van der Waals surface area contributed by atoms with Gasteiger partial charge in [0, 0.05) is 27.9 Å². The van der Waals surface area contributed by atoms with Crippen LogP contribution in [0.1, 0.15) is 28.6 Å². The predicted molar refractivity (Wildman–Crippen MR) is 122 cm³/mol. The van der Waals surface area contributed by atoms with Crippen molar-refractivity contribution in [3.8, 4) is 17.2 Å². The first-order valence-electron chi connectivity index (χ1n) is 10.0. The fraction of sp³-hybridized carbons (Fsp3) is 0.200. The molecule has 0 unspecified atom stereocenters. The molecular weight excluding hydrogens is 390 g/mol. The van der Waals surface area contributed by atoms with E-state index in [1.807, 2.05) is 74.5 Å². The number of aromatic nitrogens is 2. The third-order valence-corrected chi connectivity index (χ3v) is 5.24. The number of para-hydroxylation sites is 1. The minimum absolute atomic E-state index is 0.122. The van der Waals surface area contributed by atoms with Gasteiger partial charge in [-0.05, 0) is 38.1 Å². The van der Waals surface area contributed by atoms with E-state index in [9.17, 15) is 5.11 Å². The zero-order valence-corrected chi connectivity index (χ0v) is 18.0. The molecule has 6 heteroatoms. The highest BCUT2D eigenvalue weighted by Gasteiger charge is 2.25. The Bertz CT molecular complexity index is 1240. The van der Waals surface area contributed by atoms with Gasteiger partial charge in [-0.2, -0.15) is 0 Å². The molecule has 2 N–H and O–H groups in total. The minimum Gasteiger partial charge on any atom is -0.505 e. The highest BCUT2D eigenvalue weighted by atomic mass is 16.5. The number of fused-ring (bicyclic) bond motifs is 1. The van der Waals surface area contributed by atoms with E-state index >= 15 is 0 Å². The topological polar surface area (TPSA) is 76.5 Å². The van der Waals surface area contributed by atoms with Crippen LogP contribution in [0, 0.1) is 13.8 Å². The highest BCUT2D eigenvalue weighted by molar-refractivity contribution is 5.86. The molecule has 4 aromatic rings. The number of anilines is 1. The molecule has 6 nitrogen and oxygen atoms in total. The molecule has 0 radical (unpaired) electrons. The van der Waals surface area contributed by atoms with E-state index in [4.69, 9.17) is 9.47 Å². The number of pyridine rings is 2. The SMILES string of the molecule is COc1cccc([C@@H](Nc2cccc(C)n2)c2ccc3ccc(C)nc3c2O)c1OC. The molecule has 0 aliphatic heterocycles. The van der Waals surface area contributed by atoms with Gasteiger partial charge in [0.05, 0.1) is 20.3 Å². The third-order valence-electron chi connectivity index (χ3n) is 5.24. The lowest BCUT2D eigenvalue weighted by Crippen LogP contribution is -2.15. The van der Waals surface area contributed by atoms with Crippen LogP contribution < -0.4 is 14.8 Å². The van der Waals surface area contributed by atoms with Crippen LogP contribution >= 0.6 is 0 Å². The first kappa shape index (κ1) is 20.5. The summed E-state index contributed by atoms with van der Waals surface area (Å²) in [6, 6.07) is 18.8. The number of aromatic hydroxyl groups is 1. The number of hydrogen-bond donors (Lipinski definition) is 2. The summed E-state index contributed by atoms with van der Waals surface area (Å²) in [5, 5.41) is 15.6. The summed E-state index contributed by atoms with van der Waals surface area (Å²) in [6.45, 7) is 3.84. The lowest BCUT2D eigenvalue weighted by atomic mass is 9.95. The number of aryl methyl sites for hydroxylation is 2. The Morgan fingerprint density at radius 3 is 2.29 bits per heavy atom. The van der Waals surface area contributed by atoms with Crippen molar-refractivity contribution in [1.29, 1.82) is 0 Å². The Kier molecular flexibility index (Phi) is 5.62. The summed E-state index contributed by atoms with van der Waals surface area (Å²) < 4.78 is 11.2. The number of rotatable bonds is 6. The molecule has 0 saturated carbocycles. The lowest BCUT2D eigenvalue weighted by Gasteiger charge is -2.24. The van der Waals surface area contributed by atoms with Gasteiger partial charge < -0.3 is 19.9 Å². The second-order valence-corrected chi connectivity index (χ2v) is 7.35. The van der Waals surface area contributed by atoms with Crippen LogP contribution in [-0.2, 0) is 0 Å². The second kappa shape index (κ2) is 8.52. The molecule has 0 saturated heterocycles. The molecule has 0 spiro atoms. The largest absolute Gasteiger partial charge is 0.505 e. The Labute approximate surface area is 181 Å². The van der Waals surface area contributed by atoms with Crippen molar-refractivity contribution in [2.24, 2.45) is 0 Å². The van der Waals surface area contributed by atoms with Crippen LogP contribution in [0.3, 0.4) is 0 Å². The smallest absolute Gasteiger partial charge is 0.166 e. The molecule has 4 rings (SSSR count). The molecule has 0 aliphatic rings. The number of phenols is 1. The van der Waals surface area contributed by atoms with Gasteiger partial charge >= 0.3 is 0 Å². The Morgan fingerprint density at radius 1 is 0.806 bits per heavy atom. The van der Waals surface area contributed by atoms with Crippen LogP contribution in [0.15, 0.2) is 60.7 Å². The van der Waals surface area contributed by atoms with Gasteiger partial charge in [0.1, 0.15) is 17.1 Å². The van der Waals surface area contributed by atoms with E-state index in [-0.39, 0.29) is 5.75 Å². The summed E-state index contributed by atoms with van der Waals surface area (Å²) in [6.07, 6.45) is 0. The van der Waals surface area contributed by atoms with Crippen molar-refractivity contribution in [3.05, 3.63) is 83.2 Å². The number of ether oxygens (including phenoxy) is 2. The monoisotopic (exact) mass is 415 g/mol. The number of nitrogens with zero attached hydrogens (tertiary/aromatic N) is 2. The average Bonchev–Trinajstić information content (AvgIpc) is 2.78. The molecule has 0 amide bonds. The summed E-state index contributed by atoms with van der Waals surface area (Å²) >= 11 is 0. The van der Waals surface area contributed by atoms with Gasteiger partial charge in [-0.15, -0.1) is 0 Å². The lowest BCUT2D eigenvalue weighted by molar-refractivity contribution is 0.351. The number of methoxy groups -OCH3 is 2.